The van der Waals surface area contributed by atoms with Gasteiger partial charge in [0.05, 0.1) is 29.6 Å². The molecule has 0 radical (unpaired) electrons. The monoisotopic (exact) mass is 250 g/mol. The molecule has 0 fully saturated rings. The Morgan fingerprint density at radius 1 is 1.21 bits per heavy atom. The highest BCUT2D eigenvalue weighted by atomic mass is 15.3. The Labute approximate surface area is 112 Å². The van der Waals surface area contributed by atoms with Crippen LogP contribution < -0.4 is 10.2 Å². The minimum Gasteiger partial charge on any atom is -0.359 e. The Kier molecular flexibility index (Phi) is 3.03. The van der Waals surface area contributed by atoms with Gasteiger partial charge in [0.1, 0.15) is 6.17 Å². The molecule has 0 saturated carbocycles. The quantitative estimate of drug-likeness (QED) is 0.910. The standard InChI is InChI=1S/C15H14N4/c16-9-5-11-19-14-8-2-1-6-12(14)18-15(19)13-7-3-4-10-17-13/h1-4,6-8,10,15,18H,5,11H2. The van der Waals surface area contributed by atoms with E-state index in [9.17, 15) is 0 Å². The average Bonchev–Trinajstić information content (AvgIpc) is 2.85. The average molecular weight is 250 g/mol. The first-order chi connectivity index (χ1) is 9.40. The molecular formula is C15H14N4. The molecule has 4 nitrogen and oxygen atoms in total. The van der Waals surface area contributed by atoms with E-state index in [1.165, 1.54) is 0 Å². The molecule has 19 heavy (non-hydrogen) atoms. The van der Waals surface area contributed by atoms with Gasteiger partial charge in [-0.05, 0) is 24.3 Å². The van der Waals surface area contributed by atoms with Gasteiger partial charge in [-0.15, -0.1) is 0 Å². The smallest absolute Gasteiger partial charge is 0.143 e. The van der Waals surface area contributed by atoms with Crippen LogP contribution in [0.4, 0.5) is 11.4 Å². The summed E-state index contributed by atoms with van der Waals surface area (Å²) in [5.41, 5.74) is 3.20. The number of nitrogens with one attached hydrogen (secondary N) is 1. The van der Waals surface area contributed by atoms with E-state index in [0.29, 0.717) is 13.0 Å². The van der Waals surface area contributed by atoms with E-state index in [2.05, 4.69) is 33.4 Å². The highest BCUT2D eigenvalue weighted by molar-refractivity contribution is 5.76. The molecule has 1 atom stereocenters. The van der Waals surface area contributed by atoms with Crippen LogP contribution in [0.3, 0.4) is 0 Å². The number of hydrogen-bond acceptors (Lipinski definition) is 4. The largest absolute Gasteiger partial charge is 0.359 e. The normalized spacial score (nSPS) is 16.6. The number of rotatable bonds is 3. The molecule has 94 valence electrons. The van der Waals surface area contributed by atoms with Crippen LogP contribution in [-0.4, -0.2) is 11.5 Å². The maximum atomic E-state index is 8.82. The van der Waals surface area contributed by atoms with E-state index in [1.54, 1.807) is 6.20 Å². The fourth-order valence-corrected chi connectivity index (χ4v) is 2.40. The second-order valence-electron chi connectivity index (χ2n) is 4.42. The first-order valence-corrected chi connectivity index (χ1v) is 6.30. The molecule has 4 heteroatoms. The molecule has 0 spiro atoms. The number of benzene rings is 1. The van der Waals surface area contributed by atoms with Crippen LogP contribution in [0.15, 0.2) is 48.7 Å². The summed E-state index contributed by atoms with van der Waals surface area (Å²) in [5, 5.41) is 12.3. The van der Waals surface area contributed by atoms with Gasteiger partial charge >= 0.3 is 0 Å². The van der Waals surface area contributed by atoms with Gasteiger partial charge in [-0.3, -0.25) is 4.98 Å². The molecule has 2 heterocycles. The van der Waals surface area contributed by atoms with Crippen LogP contribution in [0.25, 0.3) is 0 Å². The molecule has 1 aromatic carbocycles. The number of aromatic nitrogens is 1. The predicted octanol–water partition coefficient (Wildman–Crippen LogP) is 2.93. The third-order valence-corrected chi connectivity index (χ3v) is 3.25. The van der Waals surface area contributed by atoms with Crippen molar-refractivity contribution < 1.29 is 0 Å². The van der Waals surface area contributed by atoms with Crippen molar-refractivity contribution >= 4 is 11.4 Å². The highest BCUT2D eigenvalue weighted by Gasteiger charge is 2.29. The molecule has 1 N–H and O–H groups in total. The lowest BCUT2D eigenvalue weighted by molar-refractivity contribution is 0.696. The molecule has 1 aliphatic heterocycles. The molecule has 0 amide bonds. The van der Waals surface area contributed by atoms with Crippen molar-refractivity contribution in [3.63, 3.8) is 0 Å². The lowest BCUT2D eigenvalue weighted by Crippen LogP contribution is -2.29. The number of para-hydroxylation sites is 2. The third kappa shape index (κ3) is 2.11. The maximum absolute atomic E-state index is 8.82. The van der Waals surface area contributed by atoms with Gasteiger partial charge in [0.15, 0.2) is 0 Å². The summed E-state index contributed by atoms with van der Waals surface area (Å²) in [6.07, 6.45) is 2.30. The van der Waals surface area contributed by atoms with Crippen molar-refractivity contribution in [2.75, 3.05) is 16.8 Å². The molecule has 0 saturated heterocycles. The second kappa shape index (κ2) is 4.99. The molecular weight excluding hydrogens is 236 g/mol. The first-order valence-electron chi connectivity index (χ1n) is 6.30. The number of nitrogens with zero attached hydrogens (tertiary/aromatic N) is 3. The van der Waals surface area contributed by atoms with Crippen molar-refractivity contribution in [2.45, 2.75) is 12.6 Å². The fraction of sp³-hybridized carbons (Fsp3) is 0.200. The summed E-state index contributed by atoms with van der Waals surface area (Å²) in [4.78, 5) is 6.61. The summed E-state index contributed by atoms with van der Waals surface area (Å²) >= 11 is 0. The van der Waals surface area contributed by atoms with Gasteiger partial charge in [-0.1, -0.05) is 18.2 Å². The van der Waals surface area contributed by atoms with E-state index in [4.69, 9.17) is 5.26 Å². The Morgan fingerprint density at radius 2 is 2.05 bits per heavy atom. The number of fused-ring (bicyclic) bond motifs is 1. The molecule has 0 aliphatic carbocycles. The molecule has 3 rings (SSSR count). The predicted molar refractivity (Wildman–Crippen MR) is 74.6 cm³/mol. The van der Waals surface area contributed by atoms with E-state index in [0.717, 1.165) is 17.1 Å². The van der Waals surface area contributed by atoms with Gasteiger partial charge in [0.2, 0.25) is 0 Å². The molecule has 1 aliphatic rings. The summed E-state index contributed by atoms with van der Waals surface area (Å²) in [5.74, 6) is 0. The van der Waals surface area contributed by atoms with E-state index in [-0.39, 0.29) is 6.17 Å². The number of hydrogen-bond donors (Lipinski definition) is 1. The van der Waals surface area contributed by atoms with Gasteiger partial charge in [-0.25, -0.2) is 0 Å². The second-order valence-corrected chi connectivity index (χ2v) is 4.42. The zero-order valence-electron chi connectivity index (χ0n) is 10.5. The fourth-order valence-electron chi connectivity index (χ4n) is 2.40. The van der Waals surface area contributed by atoms with E-state index >= 15 is 0 Å². The Bertz CT molecular complexity index is 603. The van der Waals surface area contributed by atoms with Gasteiger partial charge in [0, 0.05) is 12.7 Å². The van der Waals surface area contributed by atoms with E-state index in [1.807, 2.05) is 30.3 Å². The third-order valence-electron chi connectivity index (χ3n) is 3.25. The SMILES string of the molecule is N#CCCN1c2ccccc2NC1c1ccccn1. The zero-order valence-corrected chi connectivity index (χ0v) is 10.5. The Morgan fingerprint density at radius 3 is 2.84 bits per heavy atom. The topological polar surface area (TPSA) is 52.0 Å². The lowest BCUT2D eigenvalue weighted by Gasteiger charge is -2.25. The Balaban J connectivity index is 1.96. The van der Waals surface area contributed by atoms with Crippen LogP contribution in [-0.2, 0) is 0 Å². The van der Waals surface area contributed by atoms with Crippen LogP contribution in [0, 0.1) is 11.3 Å². The highest BCUT2D eigenvalue weighted by Crippen LogP contribution is 2.40. The van der Waals surface area contributed by atoms with Gasteiger partial charge in [-0.2, -0.15) is 5.26 Å². The van der Waals surface area contributed by atoms with Crippen molar-refractivity contribution in [3.8, 4) is 6.07 Å². The molecule has 0 bridgehead atoms. The number of anilines is 2. The number of nitriles is 1. The minimum atomic E-state index is 0.00644. The molecule has 1 aromatic heterocycles. The summed E-state index contributed by atoms with van der Waals surface area (Å²) in [7, 11) is 0. The molecule has 1 unspecified atom stereocenters. The van der Waals surface area contributed by atoms with Crippen molar-refractivity contribution in [1.29, 1.82) is 5.26 Å². The summed E-state index contributed by atoms with van der Waals surface area (Å²) in [6.45, 7) is 0.696. The Hall–Kier alpha value is -2.54. The minimum absolute atomic E-state index is 0.00644. The van der Waals surface area contributed by atoms with Crippen molar-refractivity contribution in [2.24, 2.45) is 0 Å². The van der Waals surface area contributed by atoms with Crippen LogP contribution in [0.5, 0.6) is 0 Å². The lowest BCUT2D eigenvalue weighted by atomic mass is 10.2. The van der Waals surface area contributed by atoms with Crippen molar-refractivity contribution in [3.05, 3.63) is 54.4 Å². The van der Waals surface area contributed by atoms with Crippen molar-refractivity contribution in [1.82, 2.24) is 4.98 Å². The van der Waals surface area contributed by atoms with Crippen LogP contribution >= 0.6 is 0 Å². The number of pyridine rings is 1. The van der Waals surface area contributed by atoms with Gasteiger partial charge < -0.3 is 10.2 Å². The van der Waals surface area contributed by atoms with Crippen LogP contribution in [0.1, 0.15) is 18.3 Å². The van der Waals surface area contributed by atoms with Crippen LogP contribution in [0.2, 0.25) is 0 Å². The van der Waals surface area contributed by atoms with Gasteiger partial charge in [0.25, 0.3) is 0 Å². The summed E-state index contributed by atoms with van der Waals surface area (Å²) < 4.78 is 0. The summed E-state index contributed by atoms with van der Waals surface area (Å²) in [6, 6.07) is 16.2. The first kappa shape index (κ1) is 11.5. The van der Waals surface area contributed by atoms with E-state index < -0.39 is 0 Å². The zero-order chi connectivity index (χ0) is 13.1. The maximum Gasteiger partial charge on any atom is 0.143 e. The molecule has 2 aromatic rings.